The lowest BCUT2D eigenvalue weighted by Crippen LogP contribution is -2.46. The standard InChI is InChI=1S/C15H32N2O/c1-13(11-15(3,4)18-5)16-14(2)12-17-9-7-6-8-10-17/h13-14,16H,6-12H2,1-5H3. The molecular weight excluding hydrogens is 224 g/mol. The van der Waals surface area contributed by atoms with Crippen molar-refractivity contribution in [1.82, 2.24) is 10.2 Å². The Morgan fingerprint density at radius 3 is 2.28 bits per heavy atom. The highest BCUT2D eigenvalue weighted by Gasteiger charge is 2.21. The largest absolute Gasteiger partial charge is 0.379 e. The van der Waals surface area contributed by atoms with Gasteiger partial charge >= 0.3 is 0 Å². The predicted octanol–water partition coefficient (Wildman–Crippen LogP) is 2.65. The summed E-state index contributed by atoms with van der Waals surface area (Å²) in [5, 5.41) is 3.70. The van der Waals surface area contributed by atoms with E-state index in [9.17, 15) is 0 Å². The molecule has 1 heterocycles. The lowest BCUT2D eigenvalue weighted by atomic mass is 9.99. The Morgan fingerprint density at radius 2 is 1.72 bits per heavy atom. The van der Waals surface area contributed by atoms with Gasteiger partial charge in [-0.05, 0) is 60.0 Å². The van der Waals surface area contributed by atoms with Crippen molar-refractivity contribution in [3.8, 4) is 0 Å². The molecule has 0 aromatic carbocycles. The van der Waals surface area contributed by atoms with Crippen LogP contribution in [0.4, 0.5) is 0 Å². The molecule has 108 valence electrons. The Morgan fingerprint density at radius 1 is 1.11 bits per heavy atom. The first kappa shape index (κ1) is 15.9. The first-order valence-corrected chi connectivity index (χ1v) is 7.46. The molecular formula is C15H32N2O. The molecule has 1 aliphatic heterocycles. The number of likely N-dealkylation sites (tertiary alicyclic amines) is 1. The van der Waals surface area contributed by atoms with E-state index in [1.807, 2.05) is 0 Å². The van der Waals surface area contributed by atoms with Gasteiger partial charge in [0.2, 0.25) is 0 Å². The summed E-state index contributed by atoms with van der Waals surface area (Å²) < 4.78 is 5.49. The SMILES string of the molecule is COC(C)(C)CC(C)NC(C)CN1CCCCC1. The number of piperidine rings is 1. The second kappa shape index (κ2) is 7.46. The van der Waals surface area contributed by atoms with Gasteiger partial charge in [-0.2, -0.15) is 0 Å². The molecule has 0 amide bonds. The van der Waals surface area contributed by atoms with E-state index >= 15 is 0 Å². The zero-order valence-corrected chi connectivity index (χ0v) is 13.0. The maximum absolute atomic E-state index is 5.49. The van der Waals surface area contributed by atoms with Crippen LogP contribution in [-0.2, 0) is 4.74 Å². The van der Waals surface area contributed by atoms with Gasteiger partial charge in [-0.25, -0.2) is 0 Å². The van der Waals surface area contributed by atoms with Crippen LogP contribution >= 0.6 is 0 Å². The minimum Gasteiger partial charge on any atom is -0.379 e. The van der Waals surface area contributed by atoms with Crippen molar-refractivity contribution in [1.29, 1.82) is 0 Å². The highest BCUT2D eigenvalue weighted by molar-refractivity contribution is 4.79. The van der Waals surface area contributed by atoms with Crippen molar-refractivity contribution in [2.45, 2.75) is 71.1 Å². The molecule has 1 aliphatic rings. The lowest BCUT2D eigenvalue weighted by Gasteiger charge is -2.32. The van der Waals surface area contributed by atoms with E-state index in [-0.39, 0.29) is 5.60 Å². The molecule has 0 radical (unpaired) electrons. The van der Waals surface area contributed by atoms with Crippen LogP contribution in [0.15, 0.2) is 0 Å². The Hall–Kier alpha value is -0.120. The fraction of sp³-hybridized carbons (Fsp3) is 1.00. The topological polar surface area (TPSA) is 24.5 Å². The summed E-state index contributed by atoms with van der Waals surface area (Å²) in [4.78, 5) is 2.59. The summed E-state index contributed by atoms with van der Waals surface area (Å²) in [5.74, 6) is 0. The maximum Gasteiger partial charge on any atom is 0.0637 e. The van der Waals surface area contributed by atoms with E-state index in [0.717, 1.165) is 6.42 Å². The van der Waals surface area contributed by atoms with Gasteiger partial charge in [0.05, 0.1) is 5.60 Å². The quantitative estimate of drug-likeness (QED) is 0.758. The van der Waals surface area contributed by atoms with Crippen molar-refractivity contribution >= 4 is 0 Å². The summed E-state index contributed by atoms with van der Waals surface area (Å²) in [5.41, 5.74) is -0.0305. The van der Waals surface area contributed by atoms with Crippen LogP contribution < -0.4 is 5.32 Å². The molecule has 0 aliphatic carbocycles. The predicted molar refractivity (Wildman–Crippen MR) is 78.1 cm³/mol. The van der Waals surface area contributed by atoms with Gasteiger partial charge in [-0.15, -0.1) is 0 Å². The van der Waals surface area contributed by atoms with Crippen molar-refractivity contribution < 1.29 is 4.74 Å². The Balaban J connectivity index is 2.23. The maximum atomic E-state index is 5.49. The average molecular weight is 256 g/mol. The Labute approximate surface area is 113 Å². The number of nitrogens with one attached hydrogen (secondary N) is 1. The molecule has 2 unspecified atom stereocenters. The molecule has 3 heteroatoms. The van der Waals surface area contributed by atoms with Gasteiger partial charge in [-0.3, -0.25) is 0 Å². The van der Waals surface area contributed by atoms with Crippen molar-refractivity contribution in [2.75, 3.05) is 26.7 Å². The van der Waals surface area contributed by atoms with Crippen LogP contribution in [0.3, 0.4) is 0 Å². The van der Waals surface area contributed by atoms with E-state index in [1.54, 1.807) is 7.11 Å². The molecule has 0 aromatic heterocycles. The fourth-order valence-electron chi connectivity index (χ4n) is 2.95. The summed E-state index contributed by atoms with van der Waals surface area (Å²) in [7, 11) is 1.80. The van der Waals surface area contributed by atoms with Crippen molar-refractivity contribution in [2.24, 2.45) is 0 Å². The molecule has 1 saturated heterocycles. The van der Waals surface area contributed by atoms with Crippen molar-refractivity contribution in [3.63, 3.8) is 0 Å². The molecule has 2 atom stereocenters. The normalized spacial score (nSPS) is 21.8. The van der Waals surface area contributed by atoms with Gasteiger partial charge in [0, 0.05) is 25.7 Å². The molecule has 1 fully saturated rings. The molecule has 18 heavy (non-hydrogen) atoms. The van der Waals surface area contributed by atoms with Crippen LogP contribution in [-0.4, -0.2) is 49.3 Å². The minimum absolute atomic E-state index is 0.0305. The number of rotatable bonds is 7. The molecule has 3 nitrogen and oxygen atoms in total. The zero-order valence-electron chi connectivity index (χ0n) is 13.0. The molecule has 1 rings (SSSR count). The highest BCUT2D eigenvalue weighted by atomic mass is 16.5. The molecule has 0 bridgehead atoms. The third-order valence-electron chi connectivity index (χ3n) is 3.90. The van der Waals surface area contributed by atoms with E-state index < -0.39 is 0 Å². The fourth-order valence-corrected chi connectivity index (χ4v) is 2.95. The van der Waals surface area contributed by atoms with Crippen LogP contribution in [0, 0.1) is 0 Å². The van der Waals surface area contributed by atoms with Crippen LogP contribution in [0.2, 0.25) is 0 Å². The third kappa shape index (κ3) is 6.17. The Bertz CT molecular complexity index is 225. The first-order valence-electron chi connectivity index (χ1n) is 7.46. The summed E-state index contributed by atoms with van der Waals surface area (Å²) in [6.07, 6.45) is 5.21. The van der Waals surface area contributed by atoms with E-state index in [0.29, 0.717) is 12.1 Å². The minimum atomic E-state index is -0.0305. The number of ether oxygens (including phenoxy) is 1. The van der Waals surface area contributed by atoms with E-state index in [1.165, 1.54) is 38.9 Å². The van der Waals surface area contributed by atoms with Crippen LogP contribution in [0.25, 0.3) is 0 Å². The van der Waals surface area contributed by atoms with Gasteiger partial charge < -0.3 is 15.0 Å². The van der Waals surface area contributed by atoms with Crippen molar-refractivity contribution in [3.05, 3.63) is 0 Å². The summed E-state index contributed by atoms with van der Waals surface area (Å²) in [6.45, 7) is 12.6. The van der Waals surface area contributed by atoms with Gasteiger partial charge in [0.25, 0.3) is 0 Å². The number of methoxy groups -OCH3 is 1. The lowest BCUT2D eigenvalue weighted by molar-refractivity contribution is 0.00744. The molecule has 0 saturated carbocycles. The smallest absolute Gasteiger partial charge is 0.0637 e. The van der Waals surface area contributed by atoms with Gasteiger partial charge in [0.1, 0.15) is 0 Å². The van der Waals surface area contributed by atoms with E-state index in [4.69, 9.17) is 4.74 Å². The van der Waals surface area contributed by atoms with Gasteiger partial charge in [-0.1, -0.05) is 6.42 Å². The van der Waals surface area contributed by atoms with Crippen LogP contribution in [0.1, 0.15) is 53.4 Å². The summed E-state index contributed by atoms with van der Waals surface area (Å²) >= 11 is 0. The first-order chi connectivity index (χ1) is 8.43. The van der Waals surface area contributed by atoms with Crippen LogP contribution in [0.5, 0.6) is 0 Å². The third-order valence-corrected chi connectivity index (χ3v) is 3.90. The highest BCUT2D eigenvalue weighted by Crippen LogP contribution is 2.16. The average Bonchev–Trinajstić information content (AvgIpc) is 2.29. The second-order valence-corrected chi connectivity index (χ2v) is 6.50. The molecule has 0 spiro atoms. The molecule has 1 N–H and O–H groups in total. The van der Waals surface area contributed by atoms with E-state index in [2.05, 4.69) is 37.9 Å². The number of nitrogens with zero attached hydrogens (tertiary/aromatic N) is 1. The van der Waals surface area contributed by atoms with Gasteiger partial charge in [0.15, 0.2) is 0 Å². The Kier molecular flexibility index (Phi) is 6.61. The monoisotopic (exact) mass is 256 g/mol. The number of hydrogen-bond donors (Lipinski definition) is 1. The number of hydrogen-bond acceptors (Lipinski definition) is 3. The summed E-state index contributed by atoms with van der Waals surface area (Å²) in [6, 6.07) is 1.06. The zero-order chi connectivity index (χ0) is 13.6. The second-order valence-electron chi connectivity index (χ2n) is 6.50. The molecule has 0 aromatic rings.